The van der Waals surface area contributed by atoms with E-state index in [1.165, 1.54) is 0 Å². The Morgan fingerprint density at radius 3 is 2.47 bits per heavy atom. The molecule has 0 saturated carbocycles. The number of rotatable bonds is 4. The highest BCUT2D eigenvalue weighted by Crippen LogP contribution is 2.28. The third-order valence-electron chi connectivity index (χ3n) is 3.11. The van der Waals surface area contributed by atoms with E-state index in [9.17, 15) is 0 Å². The standard InChI is InChI=1S/C15H16Cl2N2/c1-10-6-7-12(14(17)8-10)15(19-18)9-11-4-2-3-5-13(11)16/h2-8,15,19H,9,18H2,1H3. The molecule has 19 heavy (non-hydrogen) atoms. The van der Waals surface area contributed by atoms with Gasteiger partial charge in [0.15, 0.2) is 0 Å². The van der Waals surface area contributed by atoms with E-state index in [1.54, 1.807) is 0 Å². The zero-order chi connectivity index (χ0) is 13.8. The predicted molar refractivity (Wildman–Crippen MR) is 81.4 cm³/mol. The largest absolute Gasteiger partial charge is 0.271 e. The highest BCUT2D eigenvalue weighted by atomic mass is 35.5. The average Bonchev–Trinajstić information content (AvgIpc) is 2.39. The van der Waals surface area contributed by atoms with Crippen molar-refractivity contribution in [3.8, 4) is 0 Å². The molecule has 0 amide bonds. The van der Waals surface area contributed by atoms with Crippen molar-refractivity contribution in [3.05, 3.63) is 69.2 Å². The minimum atomic E-state index is -0.0620. The van der Waals surface area contributed by atoms with Crippen molar-refractivity contribution in [2.75, 3.05) is 0 Å². The maximum absolute atomic E-state index is 6.28. The van der Waals surface area contributed by atoms with E-state index in [-0.39, 0.29) is 6.04 Å². The van der Waals surface area contributed by atoms with Crippen LogP contribution in [0.2, 0.25) is 10.0 Å². The van der Waals surface area contributed by atoms with Gasteiger partial charge in [-0.15, -0.1) is 0 Å². The monoisotopic (exact) mass is 294 g/mol. The number of halogens is 2. The van der Waals surface area contributed by atoms with Crippen molar-refractivity contribution in [2.24, 2.45) is 5.84 Å². The van der Waals surface area contributed by atoms with Crippen LogP contribution in [0.25, 0.3) is 0 Å². The van der Waals surface area contributed by atoms with Crippen LogP contribution in [0.15, 0.2) is 42.5 Å². The summed E-state index contributed by atoms with van der Waals surface area (Å²) in [6.45, 7) is 2.01. The van der Waals surface area contributed by atoms with Crippen LogP contribution in [0.1, 0.15) is 22.7 Å². The third-order valence-corrected chi connectivity index (χ3v) is 3.81. The van der Waals surface area contributed by atoms with Crippen molar-refractivity contribution in [1.82, 2.24) is 5.43 Å². The van der Waals surface area contributed by atoms with Gasteiger partial charge in [-0.1, -0.05) is 53.5 Å². The zero-order valence-corrected chi connectivity index (χ0v) is 12.2. The fourth-order valence-corrected chi connectivity index (χ4v) is 2.64. The van der Waals surface area contributed by atoms with Gasteiger partial charge in [0.05, 0.1) is 6.04 Å². The summed E-state index contributed by atoms with van der Waals surface area (Å²) in [7, 11) is 0. The molecule has 100 valence electrons. The van der Waals surface area contributed by atoms with Crippen molar-refractivity contribution in [1.29, 1.82) is 0 Å². The molecule has 0 spiro atoms. The molecule has 0 bridgehead atoms. The quantitative estimate of drug-likeness (QED) is 0.659. The molecule has 2 nitrogen and oxygen atoms in total. The summed E-state index contributed by atoms with van der Waals surface area (Å²) < 4.78 is 0. The Bertz CT molecular complexity index is 570. The average molecular weight is 295 g/mol. The SMILES string of the molecule is Cc1ccc(C(Cc2ccccc2Cl)NN)c(Cl)c1. The first-order valence-electron chi connectivity index (χ1n) is 6.07. The predicted octanol–water partition coefficient (Wildman–Crippen LogP) is 4.05. The Hall–Kier alpha value is -1.06. The molecule has 0 aliphatic heterocycles. The second kappa shape index (κ2) is 6.40. The van der Waals surface area contributed by atoms with Crippen molar-refractivity contribution >= 4 is 23.2 Å². The van der Waals surface area contributed by atoms with Gasteiger partial charge in [-0.2, -0.15) is 0 Å². The lowest BCUT2D eigenvalue weighted by molar-refractivity contribution is 0.552. The van der Waals surface area contributed by atoms with Gasteiger partial charge in [-0.3, -0.25) is 11.3 Å². The third kappa shape index (κ3) is 3.48. The van der Waals surface area contributed by atoms with Gasteiger partial charge in [0.1, 0.15) is 0 Å². The van der Waals surface area contributed by atoms with Gasteiger partial charge in [0.25, 0.3) is 0 Å². The number of hydrogen-bond acceptors (Lipinski definition) is 2. The number of benzene rings is 2. The first-order valence-corrected chi connectivity index (χ1v) is 6.83. The second-order valence-electron chi connectivity index (χ2n) is 4.54. The van der Waals surface area contributed by atoms with Crippen molar-refractivity contribution in [3.63, 3.8) is 0 Å². The van der Waals surface area contributed by atoms with E-state index in [4.69, 9.17) is 29.0 Å². The first-order chi connectivity index (χ1) is 9.11. The van der Waals surface area contributed by atoms with Crippen LogP contribution in [-0.2, 0) is 6.42 Å². The van der Waals surface area contributed by atoms with Crippen LogP contribution in [0.5, 0.6) is 0 Å². The minimum Gasteiger partial charge on any atom is -0.271 e. The number of nitrogens with one attached hydrogen (secondary N) is 1. The molecule has 4 heteroatoms. The Kier molecular flexibility index (Phi) is 4.83. The number of hydrazine groups is 1. The van der Waals surface area contributed by atoms with E-state index in [2.05, 4.69) is 5.43 Å². The van der Waals surface area contributed by atoms with Crippen molar-refractivity contribution in [2.45, 2.75) is 19.4 Å². The summed E-state index contributed by atoms with van der Waals surface area (Å²) in [5.74, 6) is 5.66. The molecule has 0 radical (unpaired) electrons. The summed E-state index contributed by atoms with van der Waals surface area (Å²) >= 11 is 12.5. The lowest BCUT2D eigenvalue weighted by atomic mass is 9.98. The molecule has 0 aliphatic carbocycles. The van der Waals surface area contributed by atoms with Crippen LogP contribution in [0.4, 0.5) is 0 Å². The molecule has 1 atom stereocenters. The van der Waals surface area contributed by atoms with Gasteiger partial charge in [-0.05, 0) is 42.2 Å². The molecule has 2 rings (SSSR count). The number of nitrogens with two attached hydrogens (primary N) is 1. The maximum atomic E-state index is 6.28. The van der Waals surface area contributed by atoms with E-state index in [1.807, 2.05) is 49.4 Å². The summed E-state index contributed by atoms with van der Waals surface area (Å²) in [6, 6.07) is 13.6. The summed E-state index contributed by atoms with van der Waals surface area (Å²) in [4.78, 5) is 0. The molecule has 0 fully saturated rings. The molecule has 0 aliphatic rings. The normalized spacial score (nSPS) is 12.4. The Labute approximate surface area is 123 Å². The Morgan fingerprint density at radius 2 is 1.84 bits per heavy atom. The number of aryl methyl sites for hydroxylation is 1. The molecule has 0 saturated heterocycles. The topological polar surface area (TPSA) is 38.0 Å². The van der Waals surface area contributed by atoms with E-state index >= 15 is 0 Å². The fraction of sp³-hybridized carbons (Fsp3) is 0.200. The van der Waals surface area contributed by atoms with Crippen LogP contribution >= 0.6 is 23.2 Å². The molecule has 2 aromatic carbocycles. The molecular formula is C15H16Cl2N2. The summed E-state index contributed by atoms with van der Waals surface area (Å²) in [6.07, 6.45) is 0.693. The minimum absolute atomic E-state index is 0.0620. The molecule has 3 N–H and O–H groups in total. The lowest BCUT2D eigenvalue weighted by Gasteiger charge is -2.18. The molecule has 0 heterocycles. The molecule has 2 aromatic rings. The highest BCUT2D eigenvalue weighted by Gasteiger charge is 2.15. The zero-order valence-electron chi connectivity index (χ0n) is 10.7. The molecule has 1 unspecified atom stereocenters. The van der Waals surface area contributed by atoms with Gasteiger partial charge < -0.3 is 0 Å². The van der Waals surface area contributed by atoms with Gasteiger partial charge >= 0.3 is 0 Å². The summed E-state index contributed by atoms with van der Waals surface area (Å²) in [5, 5.41) is 1.46. The Morgan fingerprint density at radius 1 is 1.11 bits per heavy atom. The smallest absolute Gasteiger partial charge is 0.0515 e. The van der Waals surface area contributed by atoms with Crippen LogP contribution in [0.3, 0.4) is 0 Å². The highest BCUT2D eigenvalue weighted by molar-refractivity contribution is 6.31. The van der Waals surface area contributed by atoms with Crippen LogP contribution in [-0.4, -0.2) is 0 Å². The second-order valence-corrected chi connectivity index (χ2v) is 5.35. The van der Waals surface area contributed by atoms with E-state index < -0.39 is 0 Å². The fourth-order valence-electron chi connectivity index (χ4n) is 2.06. The lowest BCUT2D eigenvalue weighted by Crippen LogP contribution is -2.29. The van der Waals surface area contributed by atoms with E-state index in [0.29, 0.717) is 6.42 Å². The van der Waals surface area contributed by atoms with Crippen molar-refractivity contribution < 1.29 is 0 Å². The number of hydrogen-bond donors (Lipinski definition) is 2. The Balaban J connectivity index is 2.28. The van der Waals surface area contributed by atoms with Crippen LogP contribution in [0, 0.1) is 6.92 Å². The maximum Gasteiger partial charge on any atom is 0.0515 e. The van der Waals surface area contributed by atoms with Crippen LogP contribution < -0.4 is 11.3 Å². The molecule has 0 aromatic heterocycles. The summed E-state index contributed by atoms with van der Waals surface area (Å²) in [5.41, 5.74) is 5.96. The van der Waals surface area contributed by atoms with Gasteiger partial charge in [0.2, 0.25) is 0 Å². The van der Waals surface area contributed by atoms with E-state index in [0.717, 1.165) is 26.7 Å². The van der Waals surface area contributed by atoms with Gasteiger partial charge in [0, 0.05) is 10.0 Å². The van der Waals surface area contributed by atoms with Gasteiger partial charge in [-0.25, -0.2) is 0 Å². The molecular weight excluding hydrogens is 279 g/mol. The first kappa shape index (κ1) is 14.4.